The van der Waals surface area contributed by atoms with Gasteiger partial charge in [-0.15, -0.1) is 0 Å². The number of nitrogens with one attached hydrogen (secondary N) is 1. The van der Waals surface area contributed by atoms with Gasteiger partial charge in [0, 0.05) is 23.6 Å². The third kappa shape index (κ3) is 3.40. The van der Waals surface area contributed by atoms with Crippen molar-refractivity contribution in [2.24, 2.45) is 0 Å². The van der Waals surface area contributed by atoms with Gasteiger partial charge in [-0.3, -0.25) is 4.79 Å². The van der Waals surface area contributed by atoms with Crippen LogP contribution in [0, 0.1) is 6.92 Å². The summed E-state index contributed by atoms with van der Waals surface area (Å²) in [7, 11) is 0. The molecule has 6 nitrogen and oxygen atoms in total. The van der Waals surface area contributed by atoms with Gasteiger partial charge >= 0.3 is 0 Å². The fourth-order valence-corrected chi connectivity index (χ4v) is 3.42. The number of benzene rings is 2. The van der Waals surface area contributed by atoms with E-state index in [1.807, 2.05) is 78.3 Å². The van der Waals surface area contributed by atoms with Crippen LogP contribution in [0.15, 0.2) is 67.0 Å². The molecule has 6 heteroatoms. The first-order chi connectivity index (χ1) is 14.2. The molecule has 0 bridgehead atoms. The zero-order chi connectivity index (χ0) is 19.8. The third-order valence-electron chi connectivity index (χ3n) is 4.97. The Balaban J connectivity index is 1.36. The summed E-state index contributed by atoms with van der Waals surface area (Å²) in [4.78, 5) is 17.3. The number of rotatable bonds is 4. The first-order valence-corrected chi connectivity index (χ1v) is 9.39. The minimum absolute atomic E-state index is 0.0842. The fourth-order valence-electron chi connectivity index (χ4n) is 3.42. The van der Waals surface area contributed by atoms with Crippen molar-refractivity contribution in [2.45, 2.75) is 13.3 Å². The number of aromatic nitrogens is 2. The average molecular weight is 385 g/mol. The Labute approximate surface area is 167 Å². The van der Waals surface area contributed by atoms with Crippen LogP contribution in [0.3, 0.4) is 0 Å². The smallest absolute Gasteiger partial charge is 0.231 e. The minimum atomic E-state index is -0.0842. The Hall–Kier alpha value is -3.80. The van der Waals surface area contributed by atoms with Gasteiger partial charge in [0.05, 0.1) is 12.1 Å². The predicted molar refractivity (Wildman–Crippen MR) is 110 cm³/mol. The van der Waals surface area contributed by atoms with E-state index in [0.717, 1.165) is 33.7 Å². The van der Waals surface area contributed by atoms with Gasteiger partial charge in [0.1, 0.15) is 5.65 Å². The standard InChI is InChI=1S/C23H19N3O3/c1-15-5-7-17(19-13-26-9-3-2-4-22(26)24-19)12-18(15)25-23(27)11-16-6-8-20-21(10-16)29-14-28-20/h2-10,12-13H,11,14H2,1H3,(H,25,27). The van der Waals surface area contributed by atoms with Gasteiger partial charge in [-0.1, -0.05) is 24.3 Å². The van der Waals surface area contributed by atoms with Crippen molar-refractivity contribution >= 4 is 17.2 Å². The summed E-state index contributed by atoms with van der Waals surface area (Å²) in [6.07, 6.45) is 4.21. The molecule has 0 saturated heterocycles. The van der Waals surface area contributed by atoms with Gasteiger partial charge in [-0.2, -0.15) is 0 Å². The highest BCUT2D eigenvalue weighted by atomic mass is 16.7. The van der Waals surface area contributed by atoms with Crippen molar-refractivity contribution in [3.8, 4) is 22.8 Å². The number of hydrogen-bond acceptors (Lipinski definition) is 4. The van der Waals surface area contributed by atoms with Crippen LogP contribution in [0.25, 0.3) is 16.9 Å². The van der Waals surface area contributed by atoms with Crippen LogP contribution in [-0.4, -0.2) is 22.1 Å². The van der Waals surface area contributed by atoms with Crippen LogP contribution in [0.4, 0.5) is 5.69 Å². The normalized spacial score (nSPS) is 12.3. The van der Waals surface area contributed by atoms with E-state index >= 15 is 0 Å². The number of carbonyl (C=O) groups is 1. The van der Waals surface area contributed by atoms with Crippen LogP contribution >= 0.6 is 0 Å². The second-order valence-electron chi connectivity index (χ2n) is 7.03. The average Bonchev–Trinajstić information content (AvgIpc) is 3.35. The summed E-state index contributed by atoms with van der Waals surface area (Å²) in [6.45, 7) is 2.20. The van der Waals surface area contributed by atoms with Crippen molar-refractivity contribution in [2.75, 3.05) is 12.1 Å². The molecule has 0 spiro atoms. The number of fused-ring (bicyclic) bond motifs is 2. The Bertz CT molecular complexity index is 1200. The predicted octanol–water partition coefficient (Wildman–Crippen LogP) is 4.22. The monoisotopic (exact) mass is 385 g/mol. The fraction of sp³-hybridized carbons (Fsp3) is 0.130. The van der Waals surface area contributed by atoms with Crippen molar-refractivity contribution in [1.82, 2.24) is 9.38 Å². The quantitative estimate of drug-likeness (QED) is 0.571. The van der Waals surface area contributed by atoms with Crippen molar-refractivity contribution in [3.05, 3.63) is 78.1 Å². The SMILES string of the molecule is Cc1ccc(-c2cn3ccccc3n2)cc1NC(=O)Cc1ccc2c(c1)OCO2. The van der Waals surface area contributed by atoms with E-state index in [1.165, 1.54) is 0 Å². The molecule has 1 N–H and O–H groups in total. The Kier molecular flexibility index (Phi) is 4.17. The summed E-state index contributed by atoms with van der Waals surface area (Å²) >= 11 is 0. The number of carbonyl (C=O) groups excluding carboxylic acids is 1. The van der Waals surface area contributed by atoms with Crippen LogP contribution < -0.4 is 14.8 Å². The van der Waals surface area contributed by atoms with E-state index in [4.69, 9.17) is 9.47 Å². The lowest BCUT2D eigenvalue weighted by Gasteiger charge is -2.10. The lowest BCUT2D eigenvalue weighted by atomic mass is 10.1. The van der Waals surface area contributed by atoms with E-state index in [1.54, 1.807) is 0 Å². The van der Waals surface area contributed by atoms with E-state index in [9.17, 15) is 4.79 Å². The lowest BCUT2D eigenvalue weighted by Crippen LogP contribution is -2.15. The number of aryl methyl sites for hydroxylation is 1. The number of nitrogens with zero attached hydrogens (tertiary/aromatic N) is 2. The molecule has 4 aromatic rings. The molecular weight excluding hydrogens is 366 g/mol. The molecule has 144 valence electrons. The molecule has 0 atom stereocenters. The van der Waals surface area contributed by atoms with Gasteiger partial charge in [0.25, 0.3) is 0 Å². The number of ether oxygens (including phenoxy) is 2. The first-order valence-electron chi connectivity index (χ1n) is 9.39. The first kappa shape index (κ1) is 17.3. The summed E-state index contributed by atoms with van der Waals surface area (Å²) in [6, 6.07) is 17.4. The highest BCUT2D eigenvalue weighted by Crippen LogP contribution is 2.32. The minimum Gasteiger partial charge on any atom is -0.454 e. The van der Waals surface area contributed by atoms with E-state index < -0.39 is 0 Å². The number of imidazole rings is 1. The maximum Gasteiger partial charge on any atom is 0.231 e. The molecule has 2 aromatic carbocycles. The molecule has 29 heavy (non-hydrogen) atoms. The van der Waals surface area contributed by atoms with Gasteiger partial charge in [-0.05, 0) is 48.4 Å². The zero-order valence-corrected chi connectivity index (χ0v) is 15.9. The summed E-state index contributed by atoms with van der Waals surface area (Å²) in [5.41, 5.74) is 5.36. The number of anilines is 1. The molecule has 0 saturated carbocycles. The summed E-state index contributed by atoms with van der Waals surface area (Å²) < 4.78 is 12.7. The van der Waals surface area contributed by atoms with Crippen molar-refractivity contribution < 1.29 is 14.3 Å². The molecule has 0 aliphatic carbocycles. The number of hydrogen-bond donors (Lipinski definition) is 1. The number of pyridine rings is 1. The van der Waals surface area contributed by atoms with Gasteiger partial charge in [0.2, 0.25) is 12.7 Å². The molecule has 1 amide bonds. The Morgan fingerprint density at radius 2 is 2.00 bits per heavy atom. The third-order valence-corrected chi connectivity index (χ3v) is 4.97. The van der Waals surface area contributed by atoms with E-state index in [2.05, 4.69) is 10.3 Å². The maximum atomic E-state index is 12.6. The summed E-state index contributed by atoms with van der Waals surface area (Å²) in [5, 5.41) is 3.02. The molecule has 0 fully saturated rings. The maximum absolute atomic E-state index is 12.6. The van der Waals surface area contributed by atoms with Crippen LogP contribution in [0.1, 0.15) is 11.1 Å². The second kappa shape index (κ2) is 6.98. The molecule has 1 aliphatic heterocycles. The largest absolute Gasteiger partial charge is 0.454 e. The highest BCUT2D eigenvalue weighted by Gasteiger charge is 2.15. The van der Waals surface area contributed by atoms with Gasteiger partial charge < -0.3 is 19.2 Å². The van der Waals surface area contributed by atoms with E-state index in [0.29, 0.717) is 11.5 Å². The van der Waals surface area contributed by atoms with Gasteiger partial charge in [-0.25, -0.2) is 4.98 Å². The zero-order valence-electron chi connectivity index (χ0n) is 15.9. The van der Waals surface area contributed by atoms with Crippen LogP contribution in [0.2, 0.25) is 0 Å². The molecule has 5 rings (SSSR count). The molecular formula is C23H19N3O3. The molecule has 3 heterocycles. The highest BCUT2D eigenvalue weighted by molar-refractivity contribution is 5.93. The molecule has 0 unspecified atom stereocenters. The van der Waals surface area contributed by atoms with E-state index in [-0.39, 0.29) is 19.1 Å². The van der Waals surface area contributed by atoms with Crippen LogP contribution in [0.5, 0.6) is 11.5 Å². The topological polar surface area (TPSA) is 64.9 Å². The Morgan fingerprint density at radius 3 is 2.90 bits per heavy atom. The summed E-state index contributed by atoms with van der Waals surface area (Å²) in [5.74, 6) is 1.31. The number of amides is 1. The lowest BCUT2D eigenvalue weighted by molar-refractivity contribution is -0.115. The van der Waals surface area contributed by atoms with Crippen LogP contribution in [-0.2, 0) is 11.2 Å². The molecule has 1 aliphatic rings. The van der Waals surface area contributed by atoms with Crippen molar-refractivity contribution in [3.63, 3.8) is 0 Å². The molecule has 2 aromatic heterocycles. The van der Waals surface area contributed by atoms with Gasteiger partial charge in [0.15, 0.2) is 11.5 Å². The Morgan fingerprint density at radius 1 is 1.10 bits per heavy atom. The molecule has 0 radical (unpaired) electrons. The van der Waals surface area contributed by atoms with Crippen molar-refractivity contribution in [1.29, 1.82) is 0 Å². The second-order valence-corrected chi connectivity index (χ2v) is 7.03.